The highest BCUT2D eigenvalue weighted by atomic mass is 127. The minimum absolute atomic E-state index is 0. The van der Waals surface area contributed by atoms with Crippen LogP contribution in [-0.2, 0) is 13.1 Å². The highest BCUT2D eigenvalue weighted by Gasteiger charge is 2.08. The molecular formula is C20H27IN6. The van der Waals surface area contributed by atoms with Crippen LogP contribution in [0.15, 0.2) is 59.9 Å². The van der Waals surface area contributed by atoms with Crippen molar-refractivity contribution in [3.8, 4) is 0 Å². The lowest BCUT2D eigenvalue weighted by molar-refractivity contribution is 0.665. The van der Waals surface area contributed by atoms with E-state index in [-0.39, 0.29) is 24.0 Å². The number of rotatable bonds is 6. The quantitative estimate of drug-likeness (QED) is 0.325. The molecule has 2 heterocycles. The topological polar surface area (TPSA) is 57.5 Å². The Morgan fingerprint density at radius 1 is 1.11 bits per heavy atom. The molecule has 0 amide bonds. The average Bonchev–Trinajstić information content (AvgIpc) is 3.17. The summed E-state index contributed by atoms with van der Waals surface area (Å²) in [4.78, 5) is 11.1. The van der Waals surface area contributed by atoms with Crippen molar-refractivity contribution in [3.05, 3.63) is 60.4 Å². The zero-order valence-corrected chi connectivity index (χ0v) is 18.3. The van der Waals surface area contributed by atoms with E-state index in [4.69, 9.17) is 4.98 Å². The molecule has 0 unspecified atom stereocenters. The molecule has 0 saturated heterocycles. The standard InChI is InChI=1S/C20H26N6.HI/c1-21-20(22-10-13-26-11-6-7-12-26)23-15-16-14-19(25(2)3)24-18-9-5-4-8-17(16)18;/h4-9,11-12,14H,10,13,15H2,1-3H3,(H2,21,22,23);1H. The van der Waals surface area contributed by atoms with Gasteiger partial charge in [-0.25, -0.2) is 4.98 Å². The molecule has 0 saturated carbocycles. The molecule has 1 aromatic carbocycles. The number of anilines is 1. The number of hydrogen-bond donors (Lipinski definition) is 2. The number of halogens is 1. The van der Waals surface area contributed by atoms with E-state index in [0.717, 1.165) is 35.8 Å². The van der Waals surface area contributed by atoms with Gasteiger partial charge in [0.1, 0.15) is 5.82 Å². The molecule has 2 N–H and O–H groups in total. The lowest BCUT2D eigenvalue weighted by Crippen LogP contribution is -2.38. The Balaban J connectivity index is 0.00000261. The number of nitrogens with one attached hydrogen (secondary N) is 2. The highest BCUT2D eigenvalue weighted by Crippen LogP contribution is 2.21. The van der Waals surface area contributed by atoms with Crippen LogP contribution < -0.4 is 15.5 Å². The molecule has 0 bridgehead atoms. The van der Waals surface area contributed by atoms with E-state index in [1.165, 1.54) is 5.56 Å². The van der Waals surface area contributed by atoms with Crippen LogP contribution in [0, 0.1) is 0 Å². The Morgan fingerprint density at radius 3 is 2.56 bits per heavy atom. The molecule has 0 aliphatic rings. The van der Waals surface area contributed by atoms with Gasteiger partial charge in [-0.3, -0.25) is 4.99 Å². The van der Waals surface area contributed by atoms with Crippen LogP contribution in [-0.4, -0.2) is 43.2 Å². The van der Waals surface area contributed by atoms with Gasteiger partial charge in [0, 0.05) is 58.6 Å². The van der Waals surface area contributed by atoms with E-state index < -0.39 is 0 Å². The second kappa shape index (κ2) is 10.1. The van der Waals surface area contributed by atoms with E-state index in [1.807, 2.05) is 43.3 Å². The highest BCUT2D eigenvalue weighted by molar-refractivity contribution is 14.0. The monoisotopic (exact) mass is 478 g/mol. The normalized spacial score (nSPS) is 11.1. The minimum Gasteiger partial charge on any atom is -0.363 e. The fourth-order valence-corrected chi connectivity index (χ4v) is 2.83. The Morgan fingerprint density at radius 2 is 1.85 bits per heavy atom. The van der Waals surface area contributed by atoms with E-state index in [2.05, 4.69) is 50.8 Å². The van der Waals surface area contributed by atoms with Crippen molar-refractivity contribution in [1.82, 2.24) is 20.2 Å². The number of guanidine groups is 1. The number of pyridine rings is 1. The summed E-state index contributed by atoms with van der Waals surface area (Å²) in [6.07, 6.45) is 4.12. The van der Waals surface area contributed by atoms with E-state index >= 15 is 0 Å². The molecule has 0 fully saturated rings. The number of para-hydroxylation sites is 1. The van der Waals surface area contributed by atoms with Gasteiger partial charge in [0.2, 0.25) is 0 Å². The summed E-state index contributed by atoms with van der Waals surface area (Å²) < 4.78 is 2.14. The molecule has 3 rings (SSSR count). The SMILES string of the molecule is CN=C(NCCn1cccc1)NCc1cc(N(C)C)nc2ccccc12.I. The first kappa shape index (κ1) is 21.0. The van der Waals surface area contributed by atoms with Crippen molar-refractivity contribution >= 4 is 46.7 Å². The van der Waals surface area contributed by atoms with Gasteiger partial charge in [-0.15, -0.1) is 24.0 Å². The Hall–Kier alpha value is -2.29. The van der Waals surface area contributed by atoms with Crippen LogP contribution in [0.3, 0.4) is 0 Å². The summed E-state index contributed by atoms with van der Waals surface area (Å²) in [5, 5.41) is 7.92. The van der Waals surface area contributed by atoms with Crippen LogP contribution in [0.4, 0.5) is 5.82 Å². The molecule has 0 spiro atoms. The van der Waals surface area contributed by atoms with Gasteiger partial charge in [0.15, 0.2) is 5.96 Å². The van der Waals surface area contributed by atoms with Crippen molar-refractivity contribution in [2.45, 2.75) is 13.1 Å². The molecule has 144 valence electrons. The van der Waals surface area contributed by atoms with E-state index in [9.17, 15) is 0 Å². The van der Waals surface area contributed by atoms with Crippen LogP contribution in [0.2, 0.25) is 0 Å². The van der Waals surface area contributed by atoms with Gasteiger partial charge in [-0.05, 0) is 29.8 Å². The maximum atomic E-state index is 4.71. The fraction of sp³-hybridized carbons (Fsp3) is 0.300. The van der Waals surface area contributed by atoms with Crippen molar-refractivity contribution in [2.75, 3.05) is 32.6 Å². The van der Waals surface area contributed by atoms with Gasteiger partial charge < -0.3 is 20.1 Å². The van der Waals surface area contributed by atoms with Gasteiger partial charge >= 0.3 is 0 Å². The van der Waals surface area contributed by atoms with Crippen LogP contribution >= 0.6 is 24.0 Å². The number of nitrogens with zero attached hydrogens (tertiary/aromatic N) is 4. The Labute approximate surface area is 177 Å². The fourth-order valence-electron chi connectivity index (χ4n) is 2.83. The molecule has 0 aliphatic heterocycles. The zero-order chi connectivity index (χ0) is 18.4. The summed E-state index contributed by atoms with van der Waals surface area (Å²) in [5.74, 6) is 1.75. The smallest absolute Gasteiger partial charge is 0.191 e. The Bertz CT molecular complexity index is 873. The van der Waals surface area contributed by atoms with Gasteiger partial charge in [-0.1, -0.05) is 18.2 Å². The largest absolute Gasteiger partial charge is 0.363 e. The second-order valence-corrected chi connectivity index (χ2v) is 6.32. The summed E-state index contributed by atoms with van der Waals surface area (Å²) in [6.45, 7) is 2.40. The maximum absolute atomic E-state index is 4.71. The average molecular weight is 478 g/mol. The van der Waals surface area contributed by atoms with Gasteiger partial charge in [0.25, 0.3) is 0 Å². The van der Waals surface area contributed by atoms with Crippen LogP contribution in [0.25, 0.3) is 10.9 Å². The van der Waals surface area contributed by atoms with Crippen molar-refractivity contribution in [2.24, 2.45) is 4.99 Å². The van der Waals surface area contributed by atoms with Gasteiger partial charge in [0.05, 0.1) is 5.52 Å². The minimum atomic E-state index is 0. The number of hydrogen-bond acceptors (Lipinski definition) is 3. The third-order valence-corrected chi connectivity index (χ3v) is 4.25. The molecule has 0 radical (unpaired) electrons. The van der Waals surface area contributed by atoms with Crippen molar-refractivity contribution < 1.29 is 0 Å². The number of fused-ring (bicyclic) bond motifs is 1. The molecular weight excluding hydrogens is 451 g/mol. The molecule has 0 atom stereocenters. The Kier molecular flexibility index (Phi) is 7.90. The lowest BCUT2D eigenvalue weighted by Gasteiger charge is -2.17. The number of benzene rings is 1. The second-order valence-electron chi connectivity index (χ2n) is 6.32. The molecule has 2 aromatic heterocycles. The summed E-state index contributed by atoms with van der Waals surface area (Å²) in [7, 11) is 5.81. The summed E-state index contributed by atoms with van der Waals surface area (Å²) in [5.41, 5.74) is 2.21. The third kappa shape index (κ3) is 5.59. The zero-order valence-electron chi connectivity index (χ0n) is 16.0. The predicted molar refractivity (Wildman–Crippen MR) is 124 cm³/mol. The molecule has 27 heavy (non-hydrogen) atoms. The first-order valence-electron chi connectivity index (χ1n) is 8.78. The van der Waals surface area contributed by atoms with Crippen LogP contribution in [0.1, 0.15) is 5.56 Å². The number of aliphatic imine (C=N–C) groups is 1. The lowest BCUT2D eigenvalue weighted by atomic mass is 10.1. The molecule has 3 aromatic rings. The maximum Gasteiger partial charge on any atom is 0.191 e. The number of aromatic nitrogens is 2. The predicted octanol–water partition coefficient (Wildman–Crippen LogP) is 3.09. The van der Waals surface area contributed by atoms with Crippen molar-refractivity contribution in [1.29, 1.82) is 0 Å². The molecule has 7 heteroatoms. The summed E-state index contributed by atoms with van der Waals surface area (Å²) >= 11 is 0. The molecule has 0 aliphatic carbocycles. The van der Waals surface area contributed by atoms with Crippen molar-refractivity contribution in [3.63, 3.8) is 0 Å². The van der Waals surface area contributed by atoms with E-state index in [0.29, 0.717) is 6.54 Å². The first-order valence-corrected chi connectivity index (χ1v) is 8.78. The van der Waals surface area contributed by atoms with Crippen LogP contribution in [0.5, 0.6) is 0 Å². The first-order chi connectivity index (χ1) is 12.7. The van der Waals surface area contributed by atoms with Gasteiger partial charge in [-0.2, -0.15) is 0 Å². The van der Waals surface area contributed by atoms with E-state index in [1.54, 1.807) is 7.05 Å². The third-order valence-electron chi connectivity index (χ3n) is 4.25. The summed E-state index contributed by atoms with van der Waals surface area (Å²) in [6, 6.07) is 14.4. The molecule has 6 nitrogen and oxygen atoms in total.